The third kappa shape index (κ3) is 2.22. The van der Waals surface area contributed by atoms with Crippen LogP contribution in [0, 0.1) is 0 Å². The lowest BCUT2D eigenvalue weighted by molar-refractivity contribution is 0.0955. The van der Waals surface area contributed by atoms with Crippen LogP contribution in [0.1, 0.15) is 14.7 Å². The third-order valence-corrected chi connectivity index (χ3v) is 6.51. The Morgan fingerprint density at radius 1 is 1.21 bits per heavy atom. The molecule has 1 N–H and O–H groups in total. The van der Waals surface area contributed by atoms with Crippen molar-refractivity contribution in [1.82, 2.24) is 19.7 Å². The Morgan fingerprint density at radius 2 is 2.12 bits per heavy atom. The molecule has 24 heavy (non-hydrogen) atoms. The van der Waals surface area contributed by atoms with E-state index in [-0.39, 0.29) is 5.91 Å². The highest BCUT2D eigenvalue weighted by molar-refractivity contribution is 7.21. The summed E-state index contributed by atoms with van der Waals surface area (Å²) >= 11 is 4.62. The van der Waals surface area contributed by atoms with E-state index in [1.807, 2.05) is 46.3 Å². The molecule has 0 saturated heterocycles. The zero-order valence-electron chi connectivity index (χ0n) is 12.2. The first-order valence-corrected chi connectivity index (χ1v) is 9.77. The summed E-state index contributed by atoms with van der Waals surface area (Å²) in [4.78, 5) is 24.0. The average Bonchev–Trinajstić information content (AvgIpc) is 3.31. The topological polar surface area (TPSA) is 59.3 Å². The Balaban J connectivity index is 1.38. The van der Waals surface area contributed by atoms with Crippen LogP contribution in [0.5, 0.6) is 0 Å². The number of thiophene rings is 1. The first kappa shape index (κ1) is 14.1. The van der Waals surface area contributed by atoms with Gasteiger partial charge in [-0.05, 0) is 18.2 Å². The van der Waals surface area contributed by atoms with E-state index in [1.54, 1.807) is 22.7 Å². The molecule has 0 unspecified atom stereocenters. The summed E-state index contributed by atoms with van der Waals surface area (Å²) in [6.07, 6.45) is 1.98. The molecule has 0 spiro atoms. The van der Waals surface area contributed by atoms with Crippen LogP contribution in [-0.4, -0.2) is 20.3 Å². The maximum absolute atomic E-state index is 12.4. The van der Waals surface area contributed by atoms with Crippen LogP contribution in [0.4, 0.5) is 0 Å². The molecule has 5 nitrogen and oxygen atoms in total. The average molecular weight is 370 g/mol. The van der Waals surface area contributed by atoms with Gasteiger partial charge < -0.3 is 5.32 Å². The number of carbonyl (C=O) groups is 1. The van der Waals surface area contributed by atoms with Gasteiger partial charge in [0.1, 0.15) is 9.84 Å². The van der Waals surface area contributed by atoms with Crippen molar-refractivity contribution in [2.75, 3.05) is 0 Å². The number of rotatable bonds is 3. The molecule has 8 heteroatoms. The number of fused-ring (bicyclic) bond motifs is 4. The van der Waals surface area contributed by atoms with Gasteiger partial charge in [0.15, 0.2) is 4.96 Å². The Labute approximate surface area is 148 Å². The molecule has 0 bridgehead atoms. The van der Waals surface area contributed by atoms with Crippen molar-refractivity contribution < 1.29 is 4.79 Å². The van der Waals surface area contributed by atoms with Crippen molar-refractivity contribution in [2.24, 2.45) is 0 Å². The van der Waals surface area contributed by atoms with Gasteiger partial charge in [0.2, 0.25) is 0 Å². The fourth-order valence-corrected chi connectivity index (χ4v) is 5.22. The van der Waals surface area contributed by atoms with E-state index in [1.165, 1.54) is 11.3 Å². The van der Waals surface area contributed by atoms with Crippen molar-refractivity contribution >= 4 is 65.4 Å². The molecule has 1 aromatic carbocycles. The van der Waals surface area contributed by atoms with Gasteiger partial charge in [0.05, 0.1) is 27.2 Å². The number of hydrogen-bond donors (Lipinski definition) is 1. The number of aromatic nitrogens is 3. The Hall–Kier alpha value is -2.29. The molecule has 0 fully saturated rings. The van der Waals surface area contributed by atoms with Gasteiger partial charge in [-0.3, -0.25) is 9.20 Å². The summed E-state index contributed by atoms with van der Waals surface area (Å²) in [6.45, 7) is 0.439. The van der Waals surface area contributed by atoms with Crippen LogP contribution in [0.2, 0.25) is 0 Å². The van der Waals surface area contributed by atoms with Gasteiger partial charge in [-0.1, -0.05) is 12.1 Å². The quantitative estimate of drug-likeness (QED) is 0.519. The predicted octanol–water partition coefficient (Wildman–Crippen LogP) is 4.15. The highest BCUT2D eigenvalue weighted by Gasteiger charge is 2.15. The van der Waals surface area contributed by atoms with Crippen LogP contribution < -0.4 is 5.32 Å². The highest BCUT2D eigenvalue weighted by Crippen LogP contribution is 2.28. The van der Waals surface area contributed by atoms with Crippen molar-refractivity contribution in [1.29, 1.82) is 0 Å². The van der Waals surface area contributed by atoms with Gasteiger partial charge in [0.25, 0.3) is 5.91 Å². The van der Waals surface area contributed by atoms with Gasteiger partial charge in [-0.2, -0.15) is 0 Å². The maximum atomic E-state index is 12.4. The first-order valence-electron chi connectivity index (χ1n) is 7.26. The monoisotopic (exact) mass is 370 g/mol. The Morgan fingerprint density at radius 3 is 3.04 bits per heavy atom. The van der Waals surface area contributed by atoms with Crippen molar-refractivity contribution in [3.05, 3.63) is 51.8 Å². The molecule has 1 amide bonds. The number of imidazole rings is 1. The predicted molar refractivity (Wildman–Crippen MR) is 99.2 cm³/mol. The zero-order chi connectivity index (χ0) is 16.1. The third-order valence-electron chi connectivity index (χ3n) is 3.70. The summed E-state index contributed by atoms with van der Waals surface area (Å²) in [5, 5.41) is 5.86. The van der Waals surface area contributed by atoms with Gasteiger partial charge in [-0.15, -0.1) is 34.0 Å². The van der Waals surface area contributed by atoms with E-state index in [0.29, 0.717) is 11.4 Å². The number of benzene rings is 1. The standard InChI is InChI=1S/C16H10N4OS3/c21-14(17-8-13-18-9-3-1-2-4-11(9)23-13)12-7-10-15(24-12)19-16-20(10)5-6-22-16/h1-7H,8H2,(H,17,21). The van der Waals surface area contributed by atoms with Crippen LogP contribution in [0.15, 0.2) is 41.9 Å². The largest absolute Gasteiger partial charge is 0.345 e. The van der Waals surface area contributed by atoms with Gasteiger partial charge in [-0.25, -0.2) is 9.97 Å². The summed E-state index contributed by atoms with van der Waals surface area (Å²) < 4.78 is 3.15. The fourth-order valence-electron chi connectivity index (χ4n) is 2.60. The summed E-state index contributed by atoms with van der Waals surface area (Å²) in [5.74, 6) is -0.0822. The van der Waals surface area contributed by atoms with Crippen molar-refractivity contribution in [3.8, 4) is 0 Å². The molecule has 4 aromatic heterocycles. The SMILES string of the molecule is O=C(NCc1nc2ccccc2s1)c1cc2c(nc3sccn32)s1. The van der Waals surface area contributed by atoms with E-state index < -0.39 is 0 Å². The number of nitrogens with zero attached hydrogens (tertiary/aromatic N) is 3. The van der Waals surface area contributed by atoms with E-state index in [2.05, 4.69) is 15.3 Å². The lowest BCUT2D eigenvalue weighted by Crippen LogP contribution is -2.21. The van der Waals surface area contributed by atoms with Crippen LogP contribution in [0.25, 0.3) is 25.5 Å². The molecule has 0 saturated carbocycles. The number of hydrogen-bond acceptors (Lipinski definition) is 6. The molecule has 0 aliphatic carbocycles. The second kappa shape index (κ2) is 5.37. The molecular formula is C16H10N4OS3. The van der Waals surface area contributed by atoms with E-state index in [4.69, 9.17) is 0 Å². The number of thiazole rings is 2. The number of para-hydroxylation sites is 1. The van der Waals surface area contributed by atoms with E-state index in [9.17, 15) is 4.79 Å². The Kier molecular flexibility index (Phi) is 3.15. The summed E-state index contributed by atoms with van der Waals surface area (Å²) in [5.41, 5.74) is 1.96. The maximum Gasteiger partial charge on any atom is 0.261 e. The van der Waals surface area contributed by atoms with E-state index in [0.717, 1.165) is 30.5 Å². The molecule has 5 rings (SSSR count). The molecular weight excluding hydrogens is 360 g/mol. The zero-order valence-corrected chi connectivity index (χ0v) is 14.7. The highest BCUT2D eigenvalue weighted by atomic mass is 32.1. The molecule has 0 atom stereocenters. The molecule has 0 aliphatic rings. The van der Waals surface area contributed by atoms with Crippen LogP contribution in [-0.2, 0) is 6.54 Å². The molecule has 0 radical (unpaired) electrons. The number of carbonyl (C=O) groups excluding carboxylic acids is 1. The smallest absolute Gasteiger partial charge is 0.261 e. The number of amides is 1. The number of nitrogens with one attached hydrogen (secondary N) is 1. The van der Waals surface area contributed by atoms with Crippen LogP contribution in [0.3, 0.4) is 0 Å². The molecule has 118 valence electrons. The lowest BCUT2D eigenvalue weighted by Gasteiger charge is -1.99. The minimum Gasteiger partial charge on any atom is -0.345 e. The minimum absolute atomic E-state index is 0.0822. The fraction of sp³-hybridized carbons (Fsp3) is 0.0625. The lowest BCUT2D eigenvalue weighted by atomic mass is 10.3. The molecule has 4 heterocycles. The van der Waals surface area contributed by atoms with Gasteiger partial charge in [0, 0.05) is 11.6 Å². The van der Waals surface area contributed by atoms with Crippen LogP contribution >= 0.6 is 34.0 Å². The molecule has 0 aliphatic heterocycles. The second-order valence-electron chi connectivity index (χ2n) is 5.23. The van der Waals surface area contributed by atoms with Gasteiger partial charge >= 0.3 is 0 Å². The summed E-state index contributed by atoms with van der Waals surface area (Å²) in [7, 11) is 0. The minimum atomic E-state index is -0.0822. The normalized spacial score (nSPS) is 11.7. The summed E-state index contributed by atoms with van der Waals surface area (Å²) in [6, 6.07) is 9.89. The molecule has 5 aromatic rings. The van der Waals surface area contributed by atoms with Crippen molar-refractivity contribution in [3.63, 3.8) is 0 Å². The van der Waals surface area contributed by atoms with E-state index >= 15 is 0 Å². The Bertz CT molecular complexity index is 1160. The first-order chi connectivity index (χ1) is 11.8. The van der Waals surface area contributed by atoms with Crippen molar-refractivity contribution in [2.45, 2.75) is 6.54 Å². The second-order valence-corrected chi connectivity index (χ2v) is 8.25.